The number of amides is 2. The van der Waals surface area contributed by atoms with Crippen molar-refractivity contribution >= 4 is 34.9 Å². The maximum Gasteiger partial charge on any atom is 0.269 e. The summed E-state index contributed by atoms with van der Waals surface area (Å²) in [4.78, 5) is 29.3. The third-order valence-corrected chi connectivity index (χ3v) is 5.04. The number of aromatic nitrogens is 3. The van der Waals surface area contributed by atoms with E-state index in [0.29, 0.717) is 16.5 Å². The zero-order chi connectivity index (χ0) is 17.6. The lowest BCUT2D eigenvalue weighted by atomic mass is 10.2. The molecule has 1 atom stereocenters. The Kier molecular flexibility index (Phi) is 5.46. The number of carbonyl (C=O) groups is 2. The molecule has 128 valence electrons. The Morgan fingerprint density at radius 2 is 1.96 bits per heavy atom. The van der Waals surface area contributed by atoms with Crippen LogP contribution in [0.15, 0.2) is 53.0 Å². The minimum Gasteiger partial charge on any atom is -0.272 e. The number of hydrazine groups is 1. The number of carbonyl (C=O) groups excluding carboxylic acids is 2. The standard InChI is InChI=1S/C16H15N5O2S2/c1-10(14(22)19-20-15(23)11-6-3-2-4-7-11)25-16-17-13(18-21-16)12-8-5-9-24-12/h2-10H,1H3,(H,19,22)(H,20,23)(H,17,18,21)/t10-/m1/s1. The second-order valence-electron chi connectivity index (χ2n) is 5.01. The van der Waals surface area contributed by atoms with E-state index in [-0.39, 0.29) is 11.8 Å². The number of H-pyrrole nitrogens is 1. The second kappa shape index (κ2) is 7.95. The number of nitrogens with zero attached hydrogens (tertiary/aromatic N) is 2. The van der Waals surface area contributed by atoms with Crippen LogP contribution < -0.4 is 10.9 Å². The van der Waals surface area contributed by atoms with Crippen molar-refractivity contribution in [3.63, 3.8) is 0 Å². The zero-order valence-electron chi connectivity index (χ0n) is 13.2. The van der Waals surface area contributed by atoms with E-state index in [1.165, 1.54) is 11.8 Å². The lowest BCUT2D eigenvalue weighted by Gasteiger charge is -2.11. The molecule has 3 aromatic rings. The summed E-state index contributed by atoms with van der Waals surface area (Å²) in [6, 6.07) is 12.5. The van der Waals surface area contributed by atoms with Gasteiger partial charge >= 0.3 is 0 Å². The molecule has 0 bridgehead atoms. The fourth-order valence-corrected chi connectivity index (χ4v) is 3.30. The number of hydrogen-bond donors (Lipinski definition) is 3. The normalized spacial score (nSPS) is 11.7. The van der Waals surface area contributed by atoms with Crippen LogP contribution in [-0.4, -0.2) is 32.2 Å². The maximum atomic E-state index is 12.1. The number of thioether (sulfide) groups is 1. The monoisotopic (exact) mass is 373 g/mol. The molecule has 0 saturated carbocycles. The molecule has 0 aliphatic rings. The molecule has 9 heteroatoms. The quantitative estimate of drug-likeness (QED) is 0.471. The maximum absolute atomic E-state index is 12.1. The molecule has 0 spiro atoms. The summed E-state index contributed by atoms with van der Waals surface area (Å²) in [5.41, 5.74) is 5.28. The van der Waals surface area contributed by atoms with E-state index in [1.54, 1.807) is 42.5 Å². The molecule has 0 aliphatic heterocycles. The molecule has 0 saturated heterocycles. The smallest absolute Gasteiger partial charge is 0.269 e. The fourth-order valence-electron chi connectivity index (χ4n) is 1.92. The van der Waals surface area contributed by atoms with E-state index >= 15 is 0 Å². The van der Waals surface area contributed by atoms with Crippen LogP contribution in [0.3, 0.4) is 0 Å². The summed E-state index contributed by atoms with van der Waals surface area (Å²) in [6.45, 7) is 1.72. The Morgan fingerprint density at radius 3 is 2.68 bits per heavy atom. The third kappa shape index (κ3) is 4.46. The molecule has 3 rings (SSSR count). The first kappa shape index (κ1) is 17.2. The van der Waals surface area contributed by atoms with Gasteiger partial charge < -0.3 is 0 Å². The van der Waals surface area contributed by atoms with Gasteiger partial charge in [-0.25, -0.2) is 4.98 Å². The summed E-state index contributed by atoms with van der Waals surface area (Å²) in [6.07, 6.45) is 0. The van der Waals surface area contributed by atoms with E-state index < -0.39 is 5.25 Å². The van der Waals surface area contributed by atoms with Gasteiger partial charge in [0, 0.05) is 5.56 Å². The summed E-state index contributed by atoms with van der Waals surface area (Å²) in [5.74, 6) is -0.0386. The highest BCUT2D eigenvalue weighted by molar-refractivity contribution is 8.00. The molecule has 0 fully saturated rings. The van der Waals surface area contributed by atoms with E-state index in [0.717, 1.165) is 4.88 Å². The highest BCUT2D eigenvalue weighted by atomic mass is 32.2. The van der Waals surface area contributed by atoms with Crippen molar-refractivity contribution in [3.05, 3.63) is 53.4 Å². The fraction of sp³-hybridized carbons (Fsp3) is 0.125. The van der Waals surface area contributed by atoms with Crippen molar-refractivity contribution in [2.75, 3.05) is 0 Å². The lowest BCUT2D eigenvalue weighted by molar-refractivity contribution is -0.121. The number of hydrogen-bond acceptors (Lipinski definition) is 6. The largest absolute Gasteiger partial charge is 0.272 e. The van der Waals surface area contributed by atoms with Gasteiger partial charge in [-0.05, 0) is 30.5 Å². The number of thiophene rings is 1. The molecule has 0 radical (unpaired) electrons. The van der Waals surface area contributed by atoms with Crippen LogP contribution in [0, 0.1) is 0 Å². The van der Waals surface area contributed by atoms with Crippen LogP contribution >= 0.6 is 23.1 Å². The van der Waals surface area contributed by atoms with Gasteiger partial charge in [0.05, 0.1) is 10.1 Å². The average Bonchev–Trinajstić information content (AvgIpc) is 3.31. The van der Waals surface area contributed by atoms with E-state index in [1.807, 2.05) is 23.6 Å². The topological polar surface area (TPSA) is 99.8 Å². The van der Waals surface area contributed by atoms with Crippen molar-refractivity contribution in [1.29, 1.82) is 0 Å². The first-order valence-electron chi connectivity index (χ1n) is 7.41. The number of nitrogens with one attached hydrogen (secondary N) is 3. The molecular formula is C16H15N5O2S2. The van der Waals surface area contributed by atoms with Gasteiger partial charge in [0.2, 0.25) is 5.16 Å². The van der Waals surface area contributed by atoms with Crippen LogP contribution in [0.25, 0.3) is 10.7 Å². The Hall–Kier alpha value is -2.65. The molecule has 2 amide bonds. The average molecular weight is 373 g/mol. The van der Waals surface area contributed by atoms with E-state index in [9.17, 15) is 9.59 Å². The molecule has 0 unspecified atom stereocenters. The van der Waals surface area contributed by atoms with Crippen molar-refractivity contribution in [3.8, 4) is 10.7 Å². The first-order valence-corrected chi connectivity index (χ1v) is 9.17. The van der Waals surface area contributed by atoms with Crippen molar-refractivity contribution in [2.24, 2.45) is 0 Å². The van der Waals surface area contributed by atoms with Crippen LogP contribution in [0.2, 0.25) is 0 Å². The SMILES string of the molecule is C[C@@H](Sc1n[nH]c(-c2cccs2)n1)C(=O)NNC(=O)c1ccccc1. The molecule has 3 N–H and O–H groups in total. The van der Waals surface area contributed by atoms with Crippen LogP contribution in [0.4, 0.5) is 0 Å². The summed E-state index contributed by atoms with van der Waals surface area (Å²) in [7, 11) is 0. The molecule has 25 heavy (non-hydrogen) atoms. The predicted molar refractivity (Wildman–Crippen MR) is 97.1 cm³/mol. The van der Waals surface area contributed by atoms with Gasteiger partial charge in [-0.2, -0.15) is 0 Å². The minimum absolute atomic E-state index is 0.336. The van der Waals surface area contributed by atoms with E-state index in [4.69, 9.17) is 0 Å². The summed E-state index contributed by atoms with van der Waals surface area (Å²) in [5, 5.41) is 8.91. The molecule has 1 aromatic carbocycles. The van der Waals surface area contributed by atoms with Crippen LogP contribution in [0.5, 0.6) is 0 Å². The first-order chi connectivity index (χ1) is 12.1. The number of aromatic amines is 1. The molecular weight excluding hydrogens is 358 g/mol. The van der Waals surface area contributed by atoms with Gasteiger partial charge in [-0.3, -0.25) is 25.5 Å². The van der Waals surface area contributed by atoms with Gasteiger partial charge in [0.1, 0.15) is 0 Å². The molecule has 2 aromatic heterocycles. The van der Waals surface area contributed by atoms with Crippen LogP contribution in [-0.2, 0) is 4.79 Å². The number of benzene rings is 1. The van der Waals surface area contributed by atoms with E-state index in [2.05, 4.69) is 26.0 Å². The van der Waals surface area contributed by atoms with Crippen molar-refractivity contribution < 1.29 is 9.59 Å². The van der Waals surface area contributed by atoms with Crippen molar-refractivity contribution in [2.45, 2.75) is 17.3 Å². The second-order valence-corrected chi connectivity index (χ2v) is 7.27. The highest BCUT2D eigenvalue weighted by Crippen LogP contribution is 2.25. The Balaban J connectivity index is 1.52. The Labute approximate surface area is 152 Å². The molecule has 2 heterocycles. The zero-order valence-corrected chi connectivity index (χ0v) is 14.9. The van der Waals surface area contributed by atoms with Gasteiger partial charge in [-0.15, -0.1) is 16.4 Å². The van der Waals surface area contributed by atoms with Crippen molar-refractivity contribution in [1.82, 2.24) is 26.0 Å². The molecule has 7 nitrogen and oxygen atoms in total. The highest BCUT2D eigenvalue weighted by Gasteiger charge is 2.18. The lowest BCUT2D eigenvalue weighted by Crippen LogP contribution is -2.44. The van der Waals surface area contributed by atoms with Gasteiger partial charge in [-0.1, -0.05) is 36.0 Å². The number of rotatable bonds is 5. The van der Waals surface area contributed by atoms with Gasteiger partial charge in [0.25, 0.3) is 11.8 Å². The predicted octanol–water partition coefficient (Wildman–Crippen LogP) is 2.48. The summed E-state index contributed by atoms with van der Waals surface area (Å²) >= 11 is 2.76. The Morgan fingerprint density at radius 1 is 1.16 bits per heavy atom. The molecule has 0 aliphatic carbocycles. The third-order valence-electron chi connectivity index (χ3n) is 3.21. The summed E-state index contributed by atoms with van der Waals surface area (Å²) < 4.78 is 0. The Bertz CT molecular complexity index is 849. The van der Waals surface area contributed by atoms with Crippen LogP contribution in [0.1, 0.15) is 17.3 Å². The minimum atomic E-state index is -0.469. The van der Waals surface area contributed by atoms with Gasteiger partial charge in [0.15, 0.2) is 5.82 Å².